The highest BCUT2D eigenvalue weighted by Gasteiger charge is 2.38. The number of benzene rings is 2. The summed E-state index contributed by atoms with van der Waals surface area (Å²) < 4.78 is 0. The minimum Gasteiger partial charge on any atom is -0.507 e. The first-order chi connectivity index (χ1) is 10.8. The molecule has 0 unspecified atom stereocenters. The number of non-ortho nitro benzene ring substituents is 1. The normalized spacial score (nSPS) is 17.3. The molecule has 5 nitrogen and oxygen atoms in total. The molecule has 0 spiro atoms. The van der Waals surface area contributed by atoms with E-state index >= 15 is 0 Å². The molecule has 0 saturated heterocycles. The molecule has 1 aliphatic heterocycles. The van der Waals surface area contributed by atoms with Gasteiger partial charge in [0.15, 0.2) is 0 Å². The Labute approximate surface area is 143 Å². The zero-order chi connectivity index (χ0) is 16.9. The monoisotopic (exact) mass is 354 g/mol. The third-order valence-electron chi connectivity index (χ3n) is 4.33. The second kappa shape index (κ2) is 5.73. The average Bonchev–Trinajstić information content (AvgIpc) is 2.86. The molecular formula is C16H16Cl2N2O3. The second-order valence-corrected chi connectivity index (χ2v) is 7.14. The number of nitro groups is 1. The number of anilines is 1. The minimum absolute atomic E-state index is 0.0226. The molecule has 0 amide bonds. The minimum atomic E-state index is -0.690. The third-order valence-corrected chi connectivity index (χ3v) is 4.94. The molecule has 3 rings (SSSR count). The lowest BCUT2D eigenvalue weighted by Crippen LogP contribution is -2.30. The van der Waals surface area contributed by atoms with Gasteiger partial charge in [-0.05, 0) is 19.4 Å². The Morgan fingerprint density at radius 3 is 2.65 bits per heavy atom. The van der Waals surface area contributed by atoms with Crippen LogP contribution in [0.25, 0.3) is 10.8 Å². The number of nitro benzene ring substituents is 1. The van der Waals surface area contributed by atoms with Crippen molar-refractivity contribution in [2.24, 2.45) is 0 Å². The Morgan fingerprint density at radius 2 is 2.09 bits per heavy atom. The predicted octanol–water partition coefficient (Wildman–Crippen LogP) is 4.57. The molecular weight excluding hydrogens is 339 g/mol. The molecule has 7 heteroatoms. The number of aromatic hydroxyl groups is 1. The summed E-state index contributed by atoms with van der Waals surface area (Å²) >= 11 is 12.3. The maximum atomic E-state index is 11.5. The Kier molecular flexibility index (Phi) is 4.02. The highest BCUT2D eigenvalue weighted by Crippen LogP contribution is 2.50. The molecule has 1 atom stereocenters. The fourth-order valence-corrected chi connectivity index (χ4v) is 3.72. The highest BCUT2D eigenvalue weighted by atomic mass is 35.5. The largest absolute Gasteiger partial charge is 0.507 e. The van der Waals surface area contributed by atoms with Crippen molar-refractivity contribution in [3.63, 3.8) is 0 Å². The number of phenols is 1. The summed E-state index contributed by atoms with van der Waals surface area (Å²) in [6, 6.07) is 6.48. The van der Waals surface area contributed by atoms with Crippen LogP contribution in [0.4, 0.5) is 11.4 Å². The van der Waals surface area contributed by atoms with Gasteiger partial charge in [0.25, 0.3) is 5.69 Å². The van der Waals surface area contributed by atoms with E-state index in [-0.39, 0.29) is 23.4 Å². The molecule has 0 bridgehead atoms. The van der Waals surface area contributed by atoms with Crippen molar-refractivity contribution in [1.82, 2.24) is 0 Å². The van der Waals surface area contributed by atoms with Crippen molar-refractivity contribution >= 4 is 45.3 Å². The van der Waals surface area contributed by atoms with E-state index in [1.165, 1.54) is 6.07 Å². The predicted molar refractivity (Wildman–Crippen MR) is 93.0 cm³/mol. The molecule has 2 aromatic rings. The first-order valence-electron chi connectivity index (χ1n) is 7.30. The lowest BCUT2D eigenvalue weighted by atomic mass is 9.94. The van der Waals surface area contributed by atoms with Crippen LogP contribution in [0, 0.1) is 10.1 Å². The van der Waals surface area contributed by atoms with Gasteiger partial charge in [-0.3, -0.25) is 10.1 Å². The molecule has 0 aromatic heterocycles. The number of nitrogens with zero attached hydrogens (tertiary/aromatic N) is 2. The van der Waals surface area contributed by atoms with Gasteiger partial charge in [-0.1, -0.05) is 12.1 Å². The Balaban J connectivity index is 2.43. The van der Waals surface area contributed by atoms with E-state index in [1.807, 2.05) is 13.8 Å². The highest BCUT2D eigenvalue weighted by molar-refractivity contribution is 6.45. The van der Waals surface area contributed by atoms with Crippen LogP contribution in [0.2, 0.25) is 0 Å². The van der Waals surface area contributed by atoms with Crippen LogP contribution in [-0.4, -0.2) is 27.5 Å². The zero-order valence-corrected chi connectivity index (χ0v) is 14.2. The van der Waals surface area contributed by atoms with Crippen molar-refractivity contribution in [3.05, 3.63) is 39.9 Å². The van der Waals surface area contributed by atoms with Gasteiger partial charge in [0.05, 0.1) is 10.3 Å². The Morgan fingerprint density at radius 1 is 1.39 bits per heavy atom. The van der Waals surface area contributed by atoms with E-state index in [1.54, 1.807) is 18.2 Å². The molecule has 1 aliphatic rings. The standard InChI is InChI=1S/C16H16Cl2N2O3/c1-8(2)19-7-10(16(17)18)15-12(19)6-13(21)9-4-3-5-11(14(9)15)20(22)23/h3-6,8,10,16,21H,7H2,1-2H3/t10-/m1/s1. The molecule has 1 N–H and O–H groups in total. The summed E-state index contributed by atoms with van der Waals surface area (Å²) in [5.74, 6) is -0.227. The first kappa shape index (κ1) is 16.1. The average molecular weight is 355 g/mol. The first-order valence-corrected chi connectivity index (χ1v) is 8.18. The van der Waals surface area contributed by atoms with Crippen LogP contribution in [0.3, 0.4) is 0 Å². The van der Waals surface area contributed by atoms with Gasteiger partial charge in [0.2, 0.25) is 0 Å². The van der Waals surface area contributed by atoms with Gasteiger partial charge in [-0.2, -0.15) is 0 Å². The lowest BCUT2D eigenvalue weighted by Gasteiger charge is -2.24. The summed E-state index contributed by atoms with van der Waals surface area (Å²) in [4.78, 5) is 12.4. The van der Waals surface area contributed by atoms with Crippen LogP contribution < -0.4 is 4.90 Å². The van der Waals surface area contributed by atoms with Crippen molar-refractivity contribution in [2.45, 2.75) is 30.6 Å². The molecule has 0 aliphatic carbocycles. The molecule has 0 fully saturated rings. The molecule has 0 radical (unpaired) electrons. The van der Waals surface area contributed by atoms with Crippen molar-refractivity contribution in [1.29, 1.82) is 0 Å². The van der Waals surface area contributed by atoms with E-state index in [4.69, 9.17) is 23.2 Å². The number of hydrogen-bond acceptors (Lipinski definition) is 4. The van der Waals surface area contributed by atoms with Crippen molar-refractivity contribution < 1.29 is 10.0 Å². The molecule has 2 aromatic carbocycles. The fourth-order valence-electron chi connectivity index (χ4n) is 3.31. The third kappa shape index (κ3) is 2.48. The summed E-state index contributed by atoms with van der Waals surface area (Å²) in [7, 11) is 0. The van der Waals surface area contributed by atoms with E-state index in [2.05, 4.69) is 4.90 Å². The lowest BCUT2D eigenvalue weighted by molar-refractivity contribution is -0.383. The summed E-state index contributed by atoms with van der Waals surface area (Å²) in [5.41, 5.74) is 1.46. The second-order valence-electron chi connectivity index (χ2n) is 5.97. The van der Waals surface area contributed by atoms with E-state index in [9.17, 15) is 15.2 Å². The smallest absolute Gasteiger partial charge is 0.277 e. The van der Waals surface area contributed by atoms with E-state index in [0.29, 0.717) is 17.3 Å². The number of rotatable bonds is 3. The number of hydrogen-bond donors (Lipinski definition) is 1. The SMILES string of the molecule is CC(C)N1C[C@@H](C(Cl)Cl)c2c1cc(O)c1cccc([N+](=O)[O-])c21. The van der Waals surface area contributed by atoms with Gasteiger partial charge >= 0.3 is 0 Å². The van der Waals surface area contributed by atoms with Gasteiger partial charge in [0, 0.05) is 41.7 Å². The zero-order valence-electron chi connectivity index (χ0n) is 12.7. The summed E-state index contributed by atoms with van der Waals surface area (Å²) in [5, 5.41) is 22.7. The van der Waals surface area contributed by atoms with Gasteiger partial charge in [-0.25, -0.2) is 0 Å². The fraction of sp³-hybridized carbons (Fsp3) is 0.375. The quantitative estimate of drug-likeness (QED) is 0.498. The van der Waals surface area contributed by atoms with Crippen LogP contribution >= 0.6 is 23.2 Å². The van der Waals surface area contributed by atoms with Gasteiger partial charge < -0.3 is 10.0 Å². The van der Waals surface area contributed by atoms with Crippen molar-refractivity contribution in [2.75, 3.05) is 11.4 Å². The summed E-state index contributed by atoms with van der Waals surface area (Å²) in [6.45, 7) is 4.60. The maximum absolute atomic E-state index is 11.5. The Bertz CT molecular complexity index is 792. The van der Waals surface area contributed by atoms with Crippen LogP contribution in [0.15, 0.2) is 24.3 Å². The molecule has 23 heavy (non-hydrogen) atoms. The van der Waals surface area contributed by atoms with Gasteiger partial charge in [-0.15, -0.1) is 23.2 Å². The van der Waals surface area contributed by atoms with Crippen LogP contribution in [0.5, 0.6) is 5.75 Å². The Hall–Kier alpha value is -1.72. The van der Waals surface area contributed by atoms with Crippen LogP contribution in [-0.2, 0) is 0 Å². The van der Waals surface area contributed by atoms with E-state index in [0.717, 1.165) is 11.3 Å². The van der Waals surface area contributed by atoms with Gasteiger partial charge in [0.1, 0.15) is 10.6 Å². The topological polar surface area (TPSA) is 66.6 Å². The number of phenolic OH excluding ortho intramolecular Hbond substituents is 1. The molecule has 1 heterocycles. The molecule has 0 saturated carbocycles. The summed E-state index contributed by atoms with van der Waals surface area (Å²) in [6.07, 6.45) is 0. The molecule has 122 valence electrons. The number of alkyl halides is 2. The van der Waals surface area contributed by atoms with Crippen molar-refractivity contribution in [3.8, 4) is 5.75 Å². The van der Waals surface area contributed by atoms with Crippen LogP contribution in [0.1, 0.15) is 25.3 Å². The maximum Gasteiger partial charge on any atom is 0.277 e. The number of fused-ring (bicyclic) bond motifs is 3. The van der Waals surface area contributed by atoms with E-state index < -0.39 is 9.76 Å². The number of halogens is 2.